The molecule has 0 saturated heterocycles. The van der Waals surface area contributed by atoms with E-state index in [0.29, 0.717) is 0 Å². The highest BCUT2D eigenvalue weighted by Gasteiger charge is 2.22. The predicted molar refractivity (Wildman–Crippen MR) is 106 cm³/mol. The van der Waals surface area contributed by atoms with Gasteiger partial charge in [-0.2, -0.15) is 8.42 Å². The molecule has 0 aliphatic carbocycles. The summed E-state index contributed by atoms with van der Waals surface area (Å²) in [7, 11) is -3.77. The van der Waals surface area contributed by atoms with E-state index in [0.717, 1.165) is 19.3 Å². The van der Waals surface area contributed by atoms with Crippen LogP contribution in [0.4, 0.5) is 0 Å². The van der Waals surface area contributed by atoms with Crippen LogP contribution in [0.3, 0.4) is 0 Å². The summed E-state index contributed by atoms with van der Waals surface area (Å²) in [4.78, 5) is 0. The van der Waals surface area contributed by atoms with Crippen LogP contribution < -0.4 is 0 Å². The lowest BCUT2D eigenvalue weighted by molar-refractivity contribution is 0.203. The summed E-state index contributed by atoms with van der Waals surface area (Å²) in [6.45, 7) is 3.95. The number of unbranched alkanes of at least 4 members (excludes halogenated alkanes) is 14. The largest absolute Gasteiger partial charge is 0.375 e. The Balaban J connectivity index is 3.26. The SMILES string of the molecule is CCCCCCCCCCCCCCCCCC(O)S(=O)(=O)OCC. The van der Waals surface area contributed by atoms with E-state index in [9.17, 15) is 13.5 Å². The van der Waals surface area contributed by atoms with Gasteiger partial charge < -0.3 is 5.11 Å². The standard InChI is InChI=1S/C20H42O4S/c1-3-5-6-7-8-9-10-11-12-13-14-15-16-17-18-19-20(21)25(22,23)24-4-2/h20-21H,3-19H2,1-2H3. The Kier molecular flexibility index (Phi) is 17.2. The maximum atomic E-state index is 11.4. The van der Waals surface area contributed by atoms with Gasteiger partial charge in [-0.25, -0.2) is 0 Å². The molecular weight excluding hydrogens is 336 g/mol. The molecule has 0 heterocycles. The van der Waals surface area contributed by atoms with E-state index in [-0.39, 0.29) is 13.0 Å². The van der Waals surface area contributed by atoms with Gasteiger partial charge in [-0.3, -0.25) is 4.18 Å². The summed E-state index contributed by atoms with van der Waals surface area (Å²) in [6.07, 6.45) is 19.4. The second-order valence-corrected chi connectivity index (χ2v) is 8.86. The number of aliphatic hydroxyl groups is 1. The van der Waals surface area contributed by atoms with Crippen molar-refractivity contribution in [3.05, 3.63) is 0 Å². The Morgan fingerprint density at radius 1 is 0.680 bits per heavy atom. The molecule has 0 rings (SSSR count). The minimum Gasteiger partial charge on any atom is -0.375 e. The van der Waals surface area contributed by atoms with Crippen molar-refractivity contribution in [2.45, 2.75) is 122 Å². The van der Waals surface area contributed by atoms with Gasteiger partial charge in [0, 0.05) is 0 Å². The maximum absolute atomic E-state index is 11.4. The molecule has 1 N–H and O–H groups in total. The summed E-state index contributed by atoms with van der Waals surface area (Å²) < 4.78 is 27.5. The molecule has 0 aromatic carbocycles. The smallest absolute Gasteiger partial charge is 0.294 e. The van der Waals surface area contributed by atoms with E-state index in [1.807, 2.05) is 0 Å². The van der Waals surface area contributed by atoms with Crippen LogP contribution in [0.5, 0.6) is 0 Å². The summed E-state index contributed by atoms with van der Waals surface area (Å²) in [5.41, 5.74) is -1.37. The number of rotatable bonds is 19. The quantitative estimate of drug-likeness (QED) is 0.223. The molecule has 152 valence electrons. The Morgan fingerprint density at radius 3 is 1.40 bits per heavy atom. The normalized spacial score (nSPS) is 13.2. The van der Waals surface area contributed by atoms with Crippen LogP contribution in [0.2, 0.25) is 0 Å². The van der Waals surface area contributed by atoms with Gasteiger partial charge in [0.25, 0.3) is 10.1 Å². The molecule has 0 saturated carbocycles. The van der Waals surface area contributed by atoms with Crippen molar-refractivity contribution in [1.82, 2.24) is 0 Å². The Hall–Kier alpha value is -0.130. The molecule has 0 amide bonds. The van der Waals surface area contributed by atoms with E-state index in [1.165, 1.54) is 77.0 Å². The molecule has 0 aliphatic heterocycles. The highest BCUT2D eigenvalue weighted by Crippen LogP contribution is 2.15. The summed E-state index contributed by atoms with van der Waals surface area (Å²) >= 11 is 0. The number of hydrogen-bond donors (Lipinski definition) is 1. The fourth-order valence-corrected chi connectivity index (χ4v) is 4.02. The highest BCUT2D eigenvalue weighted by molar-refractivity contribution is 7.87. The Labute approximate surface area is 156 Å². The second kappa shape index (κ2) is 17.3. The molecule has 4 nitrogen and oxygen atoms in total. The fourth-order valence-electron chi connectivity index (χ4n) is 3.08. The van der Waals surface area contributed by atoms with E-state index in [1.54, 1.807) is 6.92 Å². The van der Waals surface area contributed by atoms with Crippen LogP contribution in [0.15, 0.2) is 0 Å². The van der Waals surface area contributed by atoms with Crippen molar-refractivity contribution >= 4 is 10.1 Å². The fraction of sp³-hybridized carbons (Fsp3) is 1.00. The lowest BCUT2D eigenvalue weighted by atomic mass is 10.0. The molecule has 25 heavy (non-hydrogen) atoms. The summed E-state index contributed by atoms with van der Waals surface area (Å²) in [5.74, 6) is 0. The monoisotopic (exact) mass is 378 g/mol. The molecule has 0 fully saturated rings. The average molecular weight is 379 g/mol. The van der Waals surface area contributed by atoms with Crippen LogP contribution >= 0.6 is 0 Å². The first kappa shape index (κ1) is 24.9. The first-order valence-corrected chi connectivity index (χ1v) is 12.1. The third-order valence-corrected chi connectivity index (χ3v) is 6.14. The summed E-state index contributed by atoms with van der Waals surface area (Å²) in [6, 6.07) is 0. The molecule has 1 unspecified atom stereocenters. The van der Waals surface area contributed by atoms with Gasteiger partial charge in [-0.05, 0) is 19.8 Å². The zero-order valence-electron chi connectivity index (χ0n) is 16.7. The minimum atomic E-state index is -3.77. The third-order valence-electron chi connectivity index (χ3n) is 4.67. The van der Waals surface area contributed by atoms with Crippen molar-refractivity contribution in [1.29, 1.82) is 0 Å². The molecule has 0 radical (unpaired) electrons. The number of aliphatic hydroxyl groups excluding tert-OH is 1. The van der Waals surface area contributed by atoms with Crippen LogP contribution in [0, 0.1) is 0 Å². The molecule has 0 aliphatic rings. The van der Waals surface area contributed by atoms with Gasteiger partial charge in [-0.1, -0.05) is 96.8 Å². The van der Waals surface area contributed by atoms with Crippen molar-refractivity contribution < 1.29 is 17.7 Å². The lowest BCUT2D eigenvalue weighted by Gasteiger charge is -2.10. The van der Waals surface area contributed by atoms with Crippen molar-refractivity contribution in [2.75, 3.05) is 6.61 Å². The predicted octanol–water partition coefficient (Wildman–Crippen LogP) is 5.93. The highest BCUT2D eigenvalue weighted by atomic mass is 32.2. The first-order valence-electron chi connectivity index (χ1n) is 10.6. The zero-order chi connectivity index (χ0) is 18.8. The van der Waals surface area contributed by atoms with Crippen molar-refractivity contribution in [3.8, 4) is 0 Å². The molecule has 0 bridgehead atoms. The molecule has 0 aromatic heterocycles. The van der Waals surface area contributed by atoms with E-state index in [4.69, 9.17) is 0 Å². The topological polar surface area (TPSA) is 63.6 Å². The second-order valence-electron chi connectivity index (χ2n) is 7.09. The van der Waals surface area contributed by atoms with E-state index >= 15 is 0 Å². The molecule has 0 spiro atoms. The third kappa shape index (κ3) is 15.8. The van der Waals surface area contributed by atoms with Gasteiger partial charge in [0.05, 0.1) is 6.61 Å². The van der Waals surface area contributed by atoms with Crippen LogP contribution in [0.1, 0.15) is 117 Å². The molecule has 5 heteroatoms. The van der Waals surface area contributed by atoms with Crippen molar-refractivity contribution in [2.24, 2.45) is 0 Å². The summed E-state index contributed by atoms with van der Waals surface area (Å²) in [5, 5.41) is 9.60. The molecule has 1 atom stereocenters. The maximum Gasteiger partial charge on any atom is 0.294 e. The van der Waals surface area contributed by atoms with Crippen LogP contribution in [0.25, 0.3) is 0 Å². The molecular formula is C20H42O4S. The lowest BCUT2D eigenvalue weighted by Crippen LogP contribution is -2.23. The van der Waals surface area contributed by atoms with Gasteiger partial charge in [0.2, 0.25) is 0 Å². The van der Waals surface area contributed by atoms with Gasteiger partial charge >= 0.3 is 0 Å². The van der Waals surface area contributed by atoms with Gasteiger partial charge in [0.15, 0.2) is 5.44 Å². The van der Waals surface area contributed by atoms with E-state index < -0.39 is 15.6 Å². The van der Waals surface area contributed by atoms with Crippen molar-refractivity contribution in [3.63, 3.8) is 0 Å². The van der Waals surface area contributed by atoms with Crippen LogP contribution in [-0.2, 0) is 14.3 Å². The van der Waals surface area contributed by atoms with Gasteiger partial charge in [0.1, 0.15) is 0 Å². The van der Waals surface area contributed by atoms with Crippen LogP contribution in [-0.4, -0.2) is 25.6 Å². The zero-order valence-corrected chi connectivity index (χ0v) is 17.5. The van der Waals surface area contributed by atoms with Gasteiger partial charge in [-0.15, -0.1) is 0 Å². The Morgan fingerprint density at radius 2 is 1.04 bits per heavy atom. The minimum absolute atomic E-state index is 0.0816. The number of hydrogen-bond acceptors (Lipinski definition) is 4. The Bertz CT molecular complexity index is 368. The van der Waals surface area contributed by atoms with E-state index in [2.05, 4.69) is 11.1 Å². The first-order chi connectivity index (χ1) is 12.0. The molecule has 0 aromatic rings. The average Bonchev–Trinajstić information content (AvgIpc) is 2.58.